The van der Waals surface area contributed by atoms with E-state index in [0.717, 1.165) is 0 Å². The molecule has 0 radical (unpaired) electrons. The van der Waals surface area contributed by atoms with Gasteiger partial charge in [-0.25, -0.2) is 0 Å². The van der Waals surface area contributed by atoms with Crippen molar-refractivity contribution in [3.8, 4) is 11.1 Å². The van der Waals surface area contributed by atoms with Gasteiger partial charge < -0.3 is 9.80 Å². The molecule has 3 heteroatoms. The molecule has 2 heterocycles. The van der Waals surface area contributed by atoms with Gasteiger partial charge in [-0.2, -0.15) is 0 Å². The summed E-state index contributed by atoms with van der Waals surface area (Å²) in [5, 5.41) is 20.5. The lowest BCUT2D eigenvalue weighted by Crippen LogP contribution is -2.61. The average Bonchev–Trinajstić information content (AvgIpc) is 0.721. The smallest absolute Gasteiger partial charge is 0.252 e. The Morgan fingerprint density at radius 2 is 0.647 bits per heavy atom. The molecule has 0 amide bonds. The van der Waals surface area contributed by atoms with Gasteiger partial charge in [0.2, 0.25) is 0 Å². The molecule has 0 fully saturated rings. The van der Waals surface area contributed by atoms with Crippen LogP contribution in [0.15, 0.2) is 212 Å². The first-order chi connectivity index (χ1) is 40.7. The second-order valence-electron chi connectivity index (χ2n) is 29.0. The van der Waals surface area contributed by atoms with E-state index >= 15 is 0 Å². The lowest BCUT2D eigenvalue weighted by atomic mass is 9.33. The Kier molecular flexibility index (Phi) is 10.8. The maximum Gasteiger partial charge on any atom is 0.252 e. The fourth-order valence-electron chi connectivity index (χ4n) is 14.8. The molecule has 0 spiro atoms. The molecule has 14 aromatic carbocycles. The summed E-state index contributed by atoms with van der Waals surface area (Å²) in [6.45, 7) is 28.4. The van der Waals surface area contributed by atoms with Gasteiger partial charge in [0, 0.05) is 34.1 Å². The predicted molar refractivity (Wildman–Crippen MR) is 372 cm³/mol. The van der Waals surface area contributed by atoms with Gasteiger partial charge in [0.25, 0.3) is 6.71 Å². The highest BCUT2D eigenvalue weighted by Crippen LogP contribution is 2.52. The van der Waals surface area contributed by atoms with Crippen LogP contribution >= 0.6 is 0 Å². The standard InChI is InChI=1S/C82H71BN2/c1-79(2,3)54-40-55(80(4,5)6)43-58(42-54)84-72-46-68-51(32-30-48-20-13-15-24-60(48)68)36-70(72)83-71-37-52-33-31-49-21-14-16-25-61(49)69(52)47-73(71)85(59-44-56(81(7,8)9)41-57(45-59)82(10,11)12)75-39-53(38-74(84)78(75)83)62-34-35-67-65-27-18-23-50-22-17-26-64(76(50)65)66-29-19-28-63(62)77(66)67/h13-47H,1-12H3. The zero-order chi connectivity index (χ0) is 58.4. The summed E-state index contributed by atoms with van der Waals surface area (Å²) >= 11 is 0. The molecule has 0 unspecified atom stereocenters. The van der Waals surface area contributed by atoms with Crippen LogP contribution in [-0.2, 0) is 21.7 Å². The molecule has 2 nitrogen and oxygen atoms in total. The van der Waals surface area contributed by atoms with Crippen molar-refractivity contribution in [1.82, 2.24) is 0 Å². The molecule has 85 heavy (non-hydrogen) atoms. The Hall–Kier alpha value is -8.92. The quantitative estimate of drug-likeness (QED) is 0.0988. The monoisotopic (exact) mass is 1090 g/mol. The van der Waals surface area contributed by atoms with Crippen molar-refractivity contribution in [3.05, 3.63) is 235 Å². The molecule has 0 N–H and O–H groups in total. The van der Waals surface area contributed by atoms with Gasteiger partial charge in [0.1, 0.15) is 0 Å². The zero-order valence-corrected chi connectivity index (χ0v) is 51.2. The molecule has 0 aromatic heterocycles. The third kappa shape index (κ3) is 7.85. The van der Waals surface area contributed by atoms with E-state index in [4.69, 9.17) is 0 Å². The molecule has 412 valence electrons. The van der Waals surface area contributed by atoms with Crippen molar-refractivity contribution in [2.75, 3.05) is 9.80 Å². The Labute approximate surface area is 500 Å². The normalized spacial score (nSPS) is 13.8. The third-order valence-corrected chi connectivity index (χ3v) is 19.4. The maximum absolute atomic E-state index is 2.70. The van der Waals surface area contributed by atoms with E-state index in [2.05, 4.69) is 305 Å². The fourth-order valence-corrected chi connectivity index (χ4v) is 14.8. The van der Waals surface area contributed by atoms with Gasteiger partial charge in [-0.05, 0) is 206 Å². The van der Waals surface area contributed by atoms with Crippen LogP contribution in [0.5, 0.6) is 0 Å². The number of nitrogens with zero attached hydrogens (tertiary/aromatic N) is 2. The second-order valence-corrected chi connectivity index (χ2v) is 29.0. The first-order valence-corrected chi connectivity index (χ1v) is 30.8. The topological polar surface area (TPSA) is 6.48 Å². The van der Waals surface area contributed by atoms with E-state index in [0.29, 0.717) is 0 Å². The van der Waals surface area contributed by atoms with Crippen molar-refractivity contribution in [2.24, 2.45) is 0 Å². The summed E-state index contributed by atoms with van der Waals surface area (Å²) in [5.74, 6) is 0. The van der Waals surface area contributed by atoms with Crippen LogP contribution in [0.1, 0.15) is 105 Å². The summed E-state index contributed by atoms with van der Waals surface area (Å²) in [5.41, 5.74) is 18.5. The molecule has 0 saturated carbocycles. The van der Waals surface area contributed by atoms with Crippen molar-refractivity contribution < 1.29 is 0 Å². The van der Waals surface area contributed by atoms with Gasteiger partial charge in [-0.3, -0.25) is 0 Å². The number of benzene rings is 14. The molecule has 2 aliphatic rings. The summed E-state index contributed by atoms with van der Waals surface area (Å²) in [4.78, 5) is 5.40. The minimum absolute atomic E-state index is 0.114. The van der Waals surface area contributed by atoms with Gasteiger partial charge >= 0.3 is 0 Å². The van der Waals surface area contributed by atoms with Gasteiger partial charge in [0.15, 0.2) is 0 Å². The number of fused-ring (bicyclic) bond motifs is 12. The van der Waals surface area contributed by atoms with E-state index in [1.54, 1.807) is 0 Å². The maximum atomic E-state index is 2.70. The van der Waals surface area contributed by atoms with Crippen LogP contribution in [0.25, 0.3) is 97.3 Å². The molecule has 0 atom stereocenters. The van der Waals surface area contributed by atoms with E-state index < -0.39 is 0 Å². The van der Waals surface area contributed by atoms with Gasteiger partial charge in [-0.15, -0.1) is 0 Å². The van der Waals surface area contributed by atoms with Crippen LogP contribution in [0.2, 0.25) is 0 Å². The van der Waals surface area contributed by atoms with Crippen molar-refractivity contribution in [2.45, 2.75) is 105 Å². The number of anilines is 6. The van der Waals surface area contributed by atoms with E-state index in [9.17, 15) is 0 Å². The Balaban J connectivity index is 1.11. The second kappa shape index (κ2) is 17.8. The number of hydrogen-bond acceptors (Lipinski definition) is 2. The van der Waals surface area contributed by atoms with Crippen molar-refractivity contribution >= 4 is 143 Å². The summed E-state index contributed by atoms with van der Waals surface area (Å²) in [6.07, 6.45) is 0. The van der Waals surface area contributed by atoms with E-state index in [1.807, 2.05) is 0 Å². The summed E-state index contributed by atoms with van der Waals surface area (Å²) in [7, 11) is 0. The molecule has 14 aromatic rings. The lowest BCUT2D eigenvalue weighted by Gasteiger charge is -2.45. The molecular formula is C82H71BN2. The molecule has 0 aliphatic carbocycles. The minimum Gasteiger partial charge on any atom is -0.311 e. The first kappa shape index (κ1) is 51.7. The highest BCUT2D eigenvalue weighted by Gasteiger charge is 2.45. The molecule has 0 bridgehead atoms. The van der Waals surface area contributed by atoms with Crippen LogP contribution in [0.3, 0.4) is 0 Å². The highest BCUT2D eigenvalue weighted by molar-refractivity contribution is 7.00. The predicted octanol–water partition coefficient (Wildman–Crippen LogP) is 21.3. The van der Waals surface area contributed by atoms with Crippen LogP contribution < -0.4 is 26.2 Å². The van der Waals surface area contributed by atoms with Crippen LogP contribution in [0, 0.1) is 0 Å². The molecule has 0 saturated heterocycles. The van der Waals surface area contributed by atoms with Gasteiger partial charge in [-0.1, -0.05) is 247 Å². The average molecular weight is 1100 g/mol. The van der Waals surface area contributed by atoms with Crippen LogP contribution in [0.4, 0.5) is 34.1 Å². The Morgan fingerprint density at radius 3 is 1.11 bits per heavy atom. The minimum atomic E-state index is -0.117. The molecular weight excluding hydrogens is 1020 g/mol. The van der Waals surface area contributed by atoms with Gasteiger partial charge in [0.05, 0.1) is 0 Å². The fraction of sp³-hybridized carbons (Fsp3) is 0.195. The number of rotatable bonds is 3. The Morgan fingerprint density at radius 1 is 0.271 bits per heavy atom. The number of hydrogen-bond donors (Lipinski definition) is 0. The molecule has 2 aliphatic heterocycles. The summed E-state index contributed by atoms with van der Waals surface area (Å²) < 4.78 is 0. The third-order valence-electron chi connectivity index (χ3n) is 19.4. The largest absolute Gasteiger partial charge is 0.311 e. The highest BCUT2D eigenvalue weighted by atomic mass is 15.2. The Bertz CT molecular complexity index is 4840. The van der Waals surface area contributed by atoms with E-state index in [1.165, 1.54) is 170 Å². The SMILES string of the molecule is CC(C)(C)c1cc(N2c3cc4c(ccc5ccccc54)cc3B3c4cc5ccc6ccccc6c5cc4N(c4cc(C(C)(C)C)cc(C(C)(C)C)c4)c4cc(-c5ccc6c7cccc8cccc(c9cccc5c96)c87)cc2c43)cc(C(C)(C)C)c1. The summed E-state index contributed by atoms with van der Waals surface area (Å²) in [6, 6.07) is 83.3. The van der Waals surface area contributed by atoms with Crippen molar-refractivity contribution in [1.29, 1.82) is 0 Å². The van der Waals surface area contributed by atoms with Crippen LogP contribution in [-0.4, -0.2) is 6.71 Å². The first-order valence-electron chi connectivity index (χ1n) is 30.8. The lowest BCUT2D eigenvalue weighted by molar-refractivity contribution is 0.568. The zero-order valence-electron chi connectivity index (χ0n) is 51.2. The van der Waals surface area contributed by atoms with Crippen molar-refractivity contribution in [3.63, 3.8) is 0 Å². The molecule has 16 rings (SSSR count). The van der Waals surface area contributed by atoms with E-state index in [-0.39, 0.29) is 28.4 Å².